The topological polar surface area (TPSA) is 81.4 Å². The van der Waals surface area contributed by atoms with Crippen LogP contribution in [0.4, 0.5) is 27.6 Å². The van der Waals surface area contributed by atoms with E-state index in [2.05, 4.69) is 10.1 Å². The molecule has 0 saturated heterocycles. The van der Waals surface area contributed by atoms with Crippen molar-refractivity contribution in [2.45, 2.75) is 30.6 Å². The highest BCUT2D eigenvalue weighted by Crippen LogP contribution is 2.37. The second-order valence-corrected chi connectivity index (χ2v) is 7.13. The van der Waals surface area contributed by atoms with E-state index in [1.54, 1.807) is 0 Å². The zero-order valence-corrected chi connectivity index (χ0v) is 14.6. The van der Waals surface area contributed by atoms with Crippen LogP contribution in [0.5, 0.6) is 5.75 Å². The fourth-order valence-electron chi connectivity index (χ4n) is 2.34. The van der Waals surface area contributed by atoms with Crippen molar-refractivity contribution < 1.29 is 35.1 Å². The predicted molar refractivity (Wildman–Crippen MR) is 87.9 cm³/mol. The van der Waals surface area contributed by atoms with Crippen LogP contribution in [0.2, 0.25) is 0 Å². The summed E-state index contributed by atoms with van der Waals surface area (Å²) in [5.41, 5.74) is -1.22. The van der Waals surface area contributed by atoms with E-state index in [0.717, 1.165) is 12.1 Å². The molecule has 1 unspecified atom stereocenters. The molecule has 148 valence electrons. The van der Waals surface area contributed by atoms with Crippen molar-refractivity contribution in [1.82, 2.24) is 0 Å². The summed E-state index contributed by atoms with van der Waals surface area (Å²) in [4.78, 5) is -0.680. The zero-order chi connectivity index (χ0) is 20.4. The molecule has 3 N–H and O–H groups in total. The number of alkyl halides is 5. The molecule has 0 bridgehead atoms. The second kappa shape index (κ2) is 7.69. The first-order chi connectivity index (χ1) is 12.4. The van der Waals surface area contributed by atoms with Crippen LogP contribution in [0, 0.1) is 0 Å². The Balaban J connectivity index is 2.36. The average molecular weight is 410 g/mol. The highest BCUT2D eigenvalue weighted by atomic mass is 32.2. The van der Waals surface area contributed by atoms with Gasteiger partial charge in [0.2, 0.25) is 10.0 Å². The minimum absolute atomic E-state index is 0.142. The summed E-state index contributed by atoms with van der Waals surface area (Å²) < 4.78 is 91.4. The van der Waals surface area contributed by atoms with E-state index in [1.165, 1.54) is 31.2 Å². The van der Waals surface area contributed by atoms with Crippen molar-refractivity contribution in [2.24, 2.45) is 5.14 Å². The number of benzene rings is 2. The van der Waals surface area contributed by atoms with Crippen molar-refractivity contribution in [1.29, 1.82) is 0 Å². The van der Waals surface area contributed by atoms with Gasteiger partial charge in [0.25, 0.3) is 0 Å². The van der Waals surface area contributed by atoms with Crippen LogP contribution in [-0.4, -0.2) is 15.0 Å². The van der Waals surface area contributed by atoms with Crippen LogP contribution in [0.25, 0.3) is 0 Å². The summed E-state index contributed by atoms with van der Waals surface area (Å²) in [6.45, 7) is -1.53. The Morgan fingerprint density at radius 2 is 1.78 bits per heavy atom. The van der Waals surface area contributed by atoms with Crippen molar-refractivity contribution in [3.05, 3.63) is 53.6 Å². The maximum atomic E-state index is 13.3. The lowest BCUT2D eigenvalue weighted by Gasteiger charge is -2.21. The molecule has 0 aliphatic carbocycles. The van der Waals surface area contributed by atoms with Gasteiger partial charge in [0, 0.05) is 11.7 Å². The van der Waals surface area contributed by atoms with Crippen LogP contribution in [0.15, 0.2) is 47.4 Å². The number of anilines is 1. The Bertz CT molecular complexity index is 917. The Labute approximate surface area is 152 Å². The van der Waals surface area contributed by atoms with Crippen molar-refractivity contribution >= 4 is 15.7 Å². The molecule has 0 aliphatic heterocycles. The quantitative estimate of drug-likeness (QED) is 0.702. The van der Waals surface area contributed by atoms with Gasteiger partial charge < -0.3 is 10.1 Å². The molecule has 2 aromatic rings. The van der Waals surface area contributed by atoms with Gasteiger partial charge in [-0.05, 0) is 42.8 Å². The lowest BCUT2D eigenvalue weighted by atomic mass is 10.1. The van der Waals surface area contributed by atoms with Crippen LogP contribution < -0.4 is 15.2 Å². The third-order valence-electron chi connectivity index (χ3n) is 3.58. The van der Waals surface area contributed by atoms with Crippen LogP contribution in [0.1, 0.15) is 24.1 Å². The van der Waals surface area contributed by atoms with Gasteiger partial charge in [-0.3, -0.25) is 0 Å². The second-order valence-electron chi connectivity index (χ2n) is 5.57. The molecule has 0 saturated carbocycles. The fourth-order valence-corrected chi connectivity index (χ4v) is 2.88. The van der Waals surface area contributed by atoms with Crippen LogP contribution >= 0.6 is 0 Å². The van der Waals surface area contributed by atoms with Gasteiger partial charge >= 0.3 is 12.8 Å². The highest BCUT2D eigenvalue weighted by Gasteiger charge is 2.35. The summed E-state index contributed by atoms with van der Waals surface area (Å²) in [7, 11) is -4.32. The molecule has 0 aromatic heterocycles. The molecule has 0 spiro atoms. The molecule has 1 atom stereocenters. The molecule has 0 heterocycles. The number of hydrogen-bond acceptors (Lipinski definition) is 4. The first kappa shape index (κ1) is 20.9. The van der Waals surface area contributed by atoms with Crippen molar-refractivity contribution in [3.63, 3.8) is 0 Å². The van der Waals surface area contributed by atoms with Gasteiger partial charge in [-0.25, -0.2) is 13.6 Å². The normalized spacial score (nSPS) is 13.5. The summed E-state index contributed by atoms with van der Waals surface area (Å²) in [5, 5.41) is 7.47. The van der Waals surface area contributed by atoms with Gasteiger partial charge in [0.05, 0.1) is 10.5 Å². The Hall–Kier alpha value is -2.40. The fraction of sp³-hybridized carbons (Fsp3) is 0.250. The lowest BCUT2D eigenvalue weighted by molar-refractivity contribution is -0.137. The van der Waals surface area contributed by atoms with E-state index < -0.39 is 39.3 Å². The standard InChI is InChI=1S/C16H15F5N2O3S/c1-9(10-3-2-4-11(7-10)26-15(17)18)23-14-6-5-12(27(22,24)25)8-13(14)16(19,20)21/h2-9,15,23H,1H3,(H2,22,24,25). The number of primary sulfonamides is 1. The molecular formula is C16H15F5N2O3S. The number of halogens is 5. The maximum Gasteiger partial charge on any atom is 0.418 e. The maximum absolute atomic E-state index is 13.3. The van der Waals surface area contributed by atoms with E-state index in [4.69, 9.17) is 5.14 Å². The van der Waals surface area contributed by atoms with E-state index in [1.807, 2.05) is 0 Å². The van der Waals surface area contributed by atoms with Gasteiger partial charge in [-0.1, -0.05) is 12.1 Å². The summed E-state index contributed by atoms with van der Waals surface area (Å²) >= 11 is 0. The average Bonchev–Trinajstić information content (AvgIpc) is 2.52. The first-order valence-electron chi connectivity index (χ1n) is 7.43. The van der Waals surface area contributed by atoms with Crippen molar-refractivity contribution in [2.75, 3.05) is 5.32 Å². The number of nitrogens with one attached hydrogen (secondary N) is 1. The van der Waals surface area contributed by atoms with E-state index in [-0.39, 0.29) is 11.4 Å². The van der Waals surface area contributed by atoms with Crippen LogP contribution in [0.3, 0.4) is 0 Å². The molecule has 5 nitrogen and oxygen atoms in total. The van der Waals surface area contributed by atoms with Gasteiger partial charge in [-0.2, -0.15) is 22.0 Å². The molecule has 0 amide bonds. The van der Waals surface area contributed by atoms with E-state index in [9.17, 15) is 30.4 Å². The largest absolute Gasteiger partial charge is 0.435 e. The lowest BCUT2D eigenvalue weighted by Crippen LogP contribution is -2.17. The molecule has 0 radical (unpaired) electrons. The smallest absolute Gasteiger partial charge is 0.418 e. The minimum Gasteiger partial charge on any atom is -0.435 e. The van der Waals surface area contributed by atoms with E-state index in [0.29, 0.717) is 11.6 Å². The molecule has 2 aromatic carbocycles. The first-order valence-corrected chi connectivity index (χ1v) is 8.98. The summed E-state index contributed by atoms with van der Waals surface area (Å²) in [6.07, 6.45) is -4.84. The SMILES string of the molecule is CC(Nc1ccc(S(N)(=O)=O)cc1C(F)(F)F)c1cccc(OC(F)F)c1. The molecule has 2 rings (SSSR count). The number of ether oxygens (including phenoxy) is 1. The Morgan fingerprint density at radius 1 is 1.11 bits per heavy atom. The molecular weight excluding hydrogens is 395 g/mol. The number of sulfonamides is 1. The minimum atomic E-state index is -4.84. The molecule has 0 aliphatic rings. The Kier molecular flexibility index (Phi) is 5.95. The van der Waals surface area contributed by atoms with Gasteiger partial charge in [0.15, 0.2) is 0 Å². The number of rotatable bonds is 6. The third-order valence-corrected chi connectivity index (χ3v) is 4.49. The monoisotopic (exact) mass is 410 g/mol. The third kappa shape index (κ3) is 5.54. The highest BCUT2D eigenvalue weighted by molar-refractivity contribution is 7.89. The van der Waals surface area contributed by atoms with Gasteiger partial charge in [-0.15, -0.1) is 0 Å². The summed E-state index contributed by atoms with van der Waals surface area (Å²) in [5.74, 6) is -0.142. The Morgan fingerprint density at radius 3 is 2.33 bits per heavy atom. The number of hydrogen-bond donors (Lipinski definition) is 2. The molecule has 11 heteroatoms. The van der Waals surface area contributed by atoms with Crippen molar-refractivity contribution in [3.8, 4) is 5.75 Å². The molecule has 27 heavy (non-hydrogen) atoms. The summed E-state index contributed by atoms with van der Waals surface area (Å²) in [6, 6.07) is 7.06. The molecule has 0 fully saturated rings. The van der Waals surface area contributed by atoms with Crippen LogP contribution in [-0.2, 0) is 16.2 Å². The predicted octanol–water partition coefficient (Wildman–Crippen LogP) is 4.13. The zero-order valence-electron chi connectivity index (χ0n) is 13.8. The van der Waals surface area contributed by atoms with E-state index >= 15 is 0 Å². The van der Waals surface area contributed by atoms with Gasteiger partial charge in [0.1, 0.15) is 5.75 Å². The number of nitrogens with two attached hydrogens (primary N) is 1.